The minimum atomic E-state index is -4.74. The molecule has 1 aliphatic rings. The number of H-pyrrole nitrogens is 1. The number of thioether (sulfide) groups is 1. The molecule has 1 saturated heterocycles. The molecule has 13 heteroatoms. The van der Waals surface area contributed by atoms with Crippen molar-refractivity contribution in [2.45, 2.75) is 29.7 Å². The van der Waals surface area contributed by atoms with Crippen molar-refractivity contribution in [2.24, 2.45) is 0 Å². The molecule has 3 heterocycles. The van der Waals surface area contributed by atoms with Crippen molar-refractivity contribution in [3.63, 3.8) is 0 Å². The molecule has 0 saturated carbocycles. The van der Waals surface area contributed by atoms with E-state index < -0.39 is 39.0 Å². The van der Waals surface area contributed by atoms with Crippen molar-refractivity contribution in [2.75, 3.05) is 12.9 Å². The fourth-order valence-corrected chi connectivity index (χ4v) is 3.31. The number of ether oxygens (including phenoxy) is 1. The number of aromatic amines is 1. The Kier molecular flexibility index (Phi) is 5.06. The number of rotatable bonds is 5. The highest BCUT2D eigenvalue weighted by atomic mass is 32.2. The summed E-state index contributed by atoms with van der Waals surface area (Å²) in [6.45, 7) is -0.609. The van der Waals surface area contributed by atoms with Gasteiger partial charge in [0.1, 0.15) is 18.3 Å². The summed E-state index contributed by atoms with van der Waals surface area (Å²) in [4.78, 5) is 36.4. The summed E-state index contributed by atoms with van der Waals surface area (Å²) >= 11 is 1.23. The maximum absolute atomic E-state index is 12.0. The topological polar surface area (TPSA) is 167 Å². The SMILES string of the molecule is CSc1nc2c(ccn2[C@@H]2O[C@H](COP(=O)(O)O)[C@@H](O)[C@H]2O)c(=O)[nH]1. The van der Waals surface area contributed by atoms with Crippen LogP contribution in [0.5, 0.6) is 0 Å². The third-order valence-corrected chi connectivity index (χ3v) is 4.84. The normalized spacial score (nSPS) is 27.2. The van der Waals surface area contributed by atoms with E-state index in [1.165, 1.54) is 28.6 Å². The number of hydrogen-bond acceptors (Lipinski definition) is 8. The number of aliphatic hydroxyl groups is 2. The number of phosphoric acid groups is 1. The summed E-state index contributed by atoms with van der Waals surface area (Å²) in [5.74, 6) is 0. The van der Waals surface area contributed by atoms with Crippen molar-refractivity contribution in [1.29, 1.82) is 0 Å². The molecule has 138 valence electrons. The maximum Gasteiger partial charge on any atom is 0.469 e. The number of aromatic nitrogens is 3. The molecule has 4 atom stereocenters. The first-order valence-corrected chi connectivity index (χ1v) is 9.83. The quantitative estimate of drug-likeness (QED) is 0.246. The van der Waals surface area contributed by atoms with Crippen LogP contribution in [-0.2, 0) is 13.8 Å². The van der Waals surface area contributed by atoms with Gasteiger partial charge in [-0.05, 0) is 12.3 Å². The van der Waals surface area contributed by atoms with Gasteiger partial charge >= 0.3 is 7.82 Å². The molecule has 11 nitrogen and oxygen atoms in total. The Balaban J connectivity index is 1.91. The molecule has 0 amide bonds. The van der Waals surface area contributed by atoms with Gasteiger partial charge in [0.15, 0.2) is 17.0 Å². The number of fused-ring (bicyclic) bond motifs is 1. The maximum atomic E-state index is 12.0. The van der Waals surface area contributed by atoms with E-state index in [0.29, 0.717) is 5.16 Å². The van der Waals surface area contributed by atoms with Crippen molar-refractivity contribution >= 4 is 30.6 Å². The third kappa shape index (κ3) is 3.66. The number of phosphoric ester groups is 1. The summed E-state index contributed by atoms with van der Waals surface area (Å²) in [6, 6.07) is 1.49. The summed E-state index contributed by atoms with van der Waals surface area (Å²) in [6.07, 6.45) is -1.88. The first-order chi connectivity index (χ1) is 11.7. The Hall–Kier alpha value is -1.24. The average molecular weight is 393 g/mol. The van der Waals surface area contributed by atoms with Gasteiger partial charge in [-0.1, -0.05) is 11.8 Å². The van der Waals surface area contributed by atoms with Gasteiger partial charge in [-0.15, -0.1) is 0 Å². The highest BCUT2D eigenvalue weighted by Crippen LogP contribution is 2.38. The van der Waals surface area contributed by atoms with Gasteiger partial charge < -0.3 is 34.3 Å². The highest BCUT2D eigenvalue weighted by Gasteiger charge is 2.45. The lowest BCUT2D eigenvalue weighted by molar-refractivity contribution is -0.0501. The number of nitrogens with zero attached hydrogens (tertiary/aromatic N) is 2. The van der Waals surface area contributed by atoms with Crippen LogP contribution in [0.3, 0.4) is 0 Å². The van der Waals surface area contributed by atoms with Gasteiger partial charge in [0, 0.05) is 6.20 Å². The number of aliphatic hydroxyl groups excluding tert-OH is 2. The molecule has 0 spiro atoms. The fraction of sp³-hybridized carbons (Fsp3) is 0.500. The van der Waals surface area contributed by atoms with E-state index in [1.54, 1.807) is 6.26 Å². The molecule has 5 N–H and O–H groups in total. The molecule has 0 radical (unpaired) electrons. The van der Waals surface area contributed by atoms with Crippen LogP contribution in [0.2, 0.25) is 0 Å². The van der Waals surface area contributed by atoms with Gasteiger partial charge in [0.2, 0.25) is 0 Å². The molecule has 0 unspecified atom stereocenters. The first kappa shape index (κ1) is 18.5. The minimum Gasteiger partial charge on any atom is -0.387 e. The smallest absolute Gasteiger partial charge is 0.387 e. The van der Waals surface area contributed by atoms with Gasteiger partial charge in [0.25, 0.3) is 5.56 Å². The van der Waals surface area contributed by atoms with Crippen molar-refractivity contribution in [3.05, 3.63) is 22.6 Å². The second-order valence-electron chi connectivity index (χ2n) is 5.37. The zero-order chi connectivity index (χ0) is 18.4. The van der Waals surface area contributed by atoms with Crippen LogP contribution in [0.4, 0.5) is 0 Å². The fourth-order valence-electron chi connectivity index (χ4n) is 2.59. The van der Waals surface area contributed by atoms with Crippen LogP contribution in [0.15, 0.2) is 22.2 Å². The predicted octanol–water partition coefficient (Wildman–Crippen LogP) is -0.825. The van der Waals surface area contributed by atoms with Gasteiger partial charge in [-0.3, -0.25) is 9.32 Å². The molecule has 2 aromatic rings. The van der Waals surface area contributed by atoms with E-state index in [1.807, 2.05) is 0 Å². The van der Waals surface area contributed by atoms with Gasteiger partial charge in [-0.25, -0.2) is 9.55 Å². The molecule has 1 fully saturated rings. The average Bonchev–Trinajstić information content (AvgIpc) is 3.08. The zero-order valence-electron chi connectivity index (χ0n) is 12.8. The predicted molar refractivity (Wildman–Crippen MR) is 86.1 cm³/mol. The molecule has 0 aromatic carbocycles. The first-order valence-electron chi connectivity index (χ1n) is 7.08. The molecule has 0 aliphatic carbocycles. The molecule has 0 bridgehead atoms. The van der Waals surface area contributed by atoms with E-state index in [0.717, 1.165) is 0 Å². The van der Waals surface area contributed by atoms with E-state index in [-0.39, 0.29) is 16.6 Å². The van der Waals surface area contributed by atoms with Crippen molar-refractivity contribution in [1.82, 2.24) is 14.5 Å². The molecule has 1 aliphatic heterocycles. The summed E-state index contributed by atoms with van der Waals surface area (Å²) in [5, 5.41) is 20.9. The lowest BCUT2D eigenvalue weighted by atomic mass is 10.1. The monoisotopic (exact) mass is 393 g/mol. The Morgan fingerprint density at radius 2 is 2.16 bits per heavy atom. The van der Waals surface area contributed by atoms with E-state index in [2.05, 4.69) is 14.5 Å². The van der Waals surface area contributed by atoms with Crippen molar-refractivity contribution in [3.8, 4) is 0 Å². The molecule has 2 aromatic heterocycles. The highest BCUT2D eigenvalue weighted by molar-refractivity contribution is 7.98. The Labute approximate surface area is 144 Å². The van der Waals surface area contributed by atoms with Crippen LogP contribution in [0.1, 0.15) is 6.23 Å². The van der Waals surface area contributed by atoms with Crippen LogP contribution in [0.25, 0.3) is 11.0 Å². The van der Waals surface area contributed by atoms with E-state index >= 15 is 0 Å². The standard InChI is InChI=1S/C12H16N3O8PS/c1-25-12-13-9-5(10(18)14-12)2-3-15(9)11-8(17)7(16)6(23-11)4-22-24(19,20)21/h2-3,6-8,11,16-17H,4H2,1H3,(H,13,14,18)(H2,19,20,21)/t6-,7-,8-,11-/m1/s1. The number of hydrogen-bond donors (Lipinski definition) is 5. The summed E-state index contributed by atoms with van der Waals surface area (Å²) in [5.41, 5.74) is -0.108. The lowest BCUT2D eigenvalue weighted by Gasteiger charge is -2.17. The van der Waals surface area contributed by atoms with Gasteiger partial charge in [0.05, 0.1) is 12.0 Å². The molecular formula is C12H16N3O8PS. The molecule has 25 heavy (non-hydrogen) atoms. The van der Waals surface area contributed by atoms with Gasteiger partial charge in [-0.2, -0.15) is 0 Å². The summed E-state index contributed by atoms with van der Waals surface area (Å²) in [7, 11) is -4.74. The van der Waals surface area contributed by atoms with Crippen LogP contribution >= 0.6 is 19.6 Å². The lowest BCUT2D eigenvalue weighted by Crippen LogP contribution is -2.33. The Morgan fingerprint density at radius 3 is 2.80 bits per heavy atom. The summed E-state index contributed by atoms with van der Waals surface area (Å²) < 4.78 is 22.0. The third-order valence-electron chi connectivity index (χ3n) is 3.77. The second kappa shape index (κ2) is 6.82. The van der Waals surface area contributed by atoms with E-state index in [4.69, 9.17) is 14.5 Å². The van der Waals surface area contributed by atoms with Crippen LogP contribution in [-0.4, -0.2) is 65.7 Å². The molecule has 3 rings (SSSR count). The second-order valence-corrected chi connectivity index (χ2v) is 7.40. The number of nitrogens with one attached hydrogen (secondary N) is 1. The zero-order valence-corrected chi connectivity index (χ0v) is 14.6. The molecular weight excluding hydrogens is 377 g/mol. The van der Waals surface area contributed by atoms with Crippen molar-refractivity contribution < 1.29 is 33.8 Å². The van der Waals surface area contributed by atoms with Crippen LogP contribution in [0, 0.1) is 0 Å². The minimum absolute atomic E-state index is 0.251. The Morgan fingerprint density at radius 1 is 1.44 bits per heavy atom. The largest absolute Gasteiger partial charge is 0.469 e. The Bertz CT molecular complexity index is 879. The van der Waals surface area contributed by atoms with Crippen LogP contribution < -0.4 is 5.56 Å². The van der Waals surface area contributed by atoms with E-state index in [9.17, 15) is 19.6 Å².